The molecule has 2 heteroatoms. The molecule has 62 valence electrons. The van der Waals surface area contributed by atoms with Gasteiger partial charge in [0.1, 0.15) is 0 Å². The Morgan fingerprint density at radius 2 is 2.25 bits per heavy atom. The average molecular weight is 181 g/mol. The summed E-state index contributed by atoms with van der Waals surface area (Å²) in [5.74, 6) is 0. The number of hydrogen-bond donors (Lipinski definition) is 0. The van der Waals surface area contributed by atoms with Crippen molar-refractivity contribution in [1.29, 1.82) is 0 Å². The van der Waals surface area contributed by atoms with Crippen LogP contribution in [0, 0.1) is 6.92 Å². The van der Waals surface area contributed by atoms with Crippen LogP contribution in [0.2, 0.25) is 0 Å². The van der Waals surface area contributed by atoms with E-state index in [2.05, 4.69) is 0 Å². The number of carbonyl (C=O) groups is 1. The Hall–Kier alpha value is -1.08. The van der Waals surface area contributed by atoms with Crippen molar-refractivity contribution < 1.29 is 4.79 Å². The highest BCUT2D eigenvalue weighted by molar-refractivity contribution is 6.66. The Kier molecular flexibility index (Phi) is 3.06. The SMILES string of the molecule is Cc1cccc(/C=C/C(=O)Cl)c1. The lowest BCUT2D eigenvalue weighted by molar-refractivity contribution is -0.107. The summed E-state index contributed by atoms with van der Waals surface area (Å²) in [6.07, 6.45) is 3.04. The molecule has 0 saturated heterocycles. The molecular weight excluding hydrogens is 172 g/mol. The molecule has 0 aliphatic carbocycles. The Labute approximate surface area is 76.7 Å². The van der Waals surface area contributed by atoms with Crippen LogP contribution >= 0.6 is 11.6 Å². The number of hydrogen-bond acceptors (Lipinski definition) is 1. The minimum atomic E-state index is -0.448. The van der Waals surface area contributed by atoms with E-state index in [-0.39, 0.29) is 0 Å². The second-order valence-corrected chi connectivity index (χ2v) is 2.92. The summed E-state index contributed by atoms with van der Waals surface area (Å²) in [4.78, 5) is 10.4. The third-order valence-corrected chi connectivity index (χ3v) is 1.57. The quantitative estimate of drug-likeness (QED) is 0.505. The Morgan fingerprint density at radius 3 is 2.83 bits per heavy atom. The van der Waals surface area contributed by atoms with E-state index in [1.807, 2.05) is 31.2 Å². The Balaban J connectivity index is 2.83. The van der Waals surface area contributed by atoms with E-state index in [0.717, 1.165) is 5.56 Å². The summed E-state index contributed by atoms with van der Waals surface area (Å²) < 4.78 is 0. The molecular formula is C10H9ClO. The lowest BCUT2D eigenvalue weighted by atomic mass is 10.1. The fraction of sp³-hybridized carbons (Fsp3) is 0.100. The maximum Gasteiger partial charge on any atom is 0.245 e. The van der Waals surface area contributed by atoms with Crippen molar-refractivity contribution in [2.75, 3.05) is 0 Å². The van der Waals surface area contributed by atoms with Crippen LogP contribution in [0.5, 0.6) is 0 Å². The number of aryl methyl sites for hydroxylation is 1. The predicted octanol–water partition coefficient (Wildman–Crippen LogP) is 2.77. The summed E-state index contributed by atoms with van der Waals surface area (Å²) in [6, 6.07) is 7.84. The van der Waals surface area contributed by atoms with Gasteiger partial charge in [0.25, 0.3) is 0 Å². The molecule has 0 aliphatic heterocycles. The van der Waals surface area contributed by atoms with E-state index in [1.54, 1.807) is 6.08 Å². The summed E-state index contributed by atoms with van der Waals surface area (Å²) in [7, 11) is 0. The van der Waals surface area contributed by atoms with Gasteiger partial charge >= 0.3 is 0 Å². The highest BCUT2D eigenvalue weighted by Crippen LogP contribution is 2.05. The zero-order valence-electron chi connectivity index (χ0n) is 6.75. The number of rotatable bonds is 2. The van der Waals surface area contributed by atoms with E-state index in [4.69, 9.17) is 11.6 Å². The lowest BCUT2D eigenvalue weighted by Gasteiger charge is -1.93. The molecule has 1 aromatic rings. The molecule has 0 amide bonds. The lowest BCUT2D eigenvalue weighted by Crippen LogP contribution is -1.77. The molecule has 0 bridgehead atoms. The first-order valence-corrected chi connectivity index (χ1v) is 4.00. The van der Waals surface area contributed by atoms with Gasteiger partial charge in [-0.2, -0.15) is 0 Å². The average Bonchev–Trinajstić information content (AvgIpc) is 2.01. The van der Waals surface area contributed by atoms with Gasteiger partial charge in [0.05, 0.1) is 0 Å². The third-order valence-electron chi connectivity index (χ3n) is 1.45. The molecule has 0 aliphatic rings. The molecule has 12 heavy (non-hydrogen) atoms. The van der Waals surface area contributed by atoms with Crippen molar-refractivity contribution in [3.05, 3.63) is 41.5 Å². The fourth-order valence-corrected chi connectivity index (χ4v) is 0.999. The van der Waals surface area contributed by atoms with Crippen molar-refractivity contribution in [1.82, 2.24) is 0 Å². The van der Waals surface area contributed by atoms with E-state index in [9.17, 15) is 4.79 Å². The van der Waals surface area contributed by atoms with Gasteiger partial charge in [-0.25, -0.2) is 0 Å². The van der Waals surface area contributed by atoms with E-state index in [1.165, 1.54) is 11.6 Å². The maximum atomic E-state index is 10.4. The van der Waals surface area contributed by atoms with Crippen molar-refractivity contribution in [3.8, 4) is 0 Å². The van der Waals surface area contributed by atoms with Gasteiger partial charge in [0.15, 0.2) is 0 Å². The van der Waals surface area contributed by atoms with Crippen LogP contribution in [0.3, 0.4) is 0 Å². The molecule has 0 radical (unpaired) electrons. The van der Waals surface area contributed by atoms with Gasteiger partial charge in [-0.1, -0.05) is 35.9 Å². The van der Waals surface area contributed by atoms with Crippen molar-refractivity contribution >= 4 is 22.9 Å². The first-order valence-electron chi connectivity index (χ1n) is 3.63. The third kappa shape index (κ3) is 2.89. The number of carbonyl (C=O) groups excluding carboxylic acids is 1. The second-order valence-electron chi connectivity index (χ2n) is 2.55. The normalized spacial score (nSPS) is 10.5. The minimum absolute atomic E-state index is 0.448. The summed E-state index contributed by atoms with van der Waals surface area (Å²) in [5.41, 5.74) is 2.16. The predicted molar refractivity (Wildman–Crippen MR) is 51.1 cm³/mol. The summed E-state index contributed by atoms with van der Waals surface area (Å²) in [5, 5.41) is -0.448. The molecule has 0 saturated carbocycles. The fourth-order valence-electron chi connectivity index (χ4n) is 0.936. The van der Waals surface area contributed by atoms with Crippen molar-refractivity contribution in [2.24, 2.45) is 0 Å². The van der Waals surface area contributed by atoms with Gasteiger partial charge in [-0.3, -0.25) is 4.79 Å². The smallest absolute Gasteiger partial charge is 0.245 e. The Bertz CT molecular complexity index is 315. The highest BCUT2D eigenvalue weighted by atomic mass is 35.5. The van der Waals surface area contributed by atoms with E-state index >= 15 is 0 Å². The molecule has 0 unspecified atom stereocenters. The molecule has 0 atom stereocenters. The minimum Gasteiger partial charge on any atom is -0.276 e. The zero-order chi connectivity index (χ0) is 8.97. The zero-order valence-corrected chi connectivity index (χ0v) is 7.51. The number of allylic oxidation sites excluding steroid dienone is 1. The molecule has 1 aromatic carbocycles. The van der Waals surface area contributed by atoms with Crippen LogP contribution in [-0.4, -0.2) is 5.24 Å². The molecule has 0 fully saturated rings. The summed E-state index contributed by atoms with van der Waals surface area (Å²) >= 11 is 5.14. The van der Waals surface area contributed by atoms with Crippen LogP contribution in [-0.2, 0) is 4.79 Å². The molecule has 1 rings (SSSR count). The van der Waals surface area contributed by atoms with Gasteiger partial charge in [0.2, 0.25) is 5.24 Å². The number of halogens is 1. The number of benzene rings is 1. The van der Waals surface area contributed by atoms with Crippen LogP contribution in [0.1, 0.15) is 11.1 Å². The first-order chi connectivity index (χ1) is 5.68. The molecule has 0 spiro atoms. The monoisotopic (exact) mass is 180 g/mol. The van der Waals surface area contributed by atoms with Crippen molar-refractivity contribution in [2.45, 2.75) is 6.92 Å². The molecule has 0 N–H and O–H groups in total. The van der Waals surface area contributed by atoms with Crippen molar-refractivity contribution in [3.63, 3.8) is 0 Å². The van der Waals surface area contributed by atoms with Crippen LogP contribution in [0.15, 0.2) is 30.3 Å². The van der Waals surface area contributed by atoms with Gasteiger partial charge in [-0.05, 0) is 30.2 Å². The standard InChI is InChI=1S/C10H9ClO/c1-8-3-2-4-9(7-8)5-6-10(11)12/h2-7H,1H3/b6-5+. The maximum absolute atomic E-state index is 10.4. The highest BCUT2D eigenvalue weighted by Gasteiger charge is 1.88. The Morgan fingerprint density at radius 1 is 1.50 bits per heavy atom. The first kappa shape index (κ1) is 9.01. The van der Waals surface area contributed by atoms with E-state index < -0.39 is 5.24 Å². The van der Waals surface area contributed by atoms with Gasteiger partial charge in [0, 0.05) is 0 Å². The largest absolute Gasteiger partial charge is 0.276 e. The van der Waals surface area contributed by atoms with Gasteiger partial charge < -0.3 is 0 Å². The molecule has 0 heterocycles. The van der Waals surface area contributed by atoms with E-state index in [0.29, 0.717) is 0 Å². The van der Waals surface area contributed by atoms with Crippen LogP contribution < -0.4 is 0 Å². The molecule has 1 nitrogen and oxygen atoms in total. The topological polar surface area (TPSA) is 17.1 Å². The van der Waals surface area contributed by atoms with Crippen LogP contribution in [0.25, 0.3) is 6.08 Å². The van der Waals surface area contributed by atoms with Crippen LogP contribution in [0.4, 0.5) is 0 Å². The summed E-state index contributed by atoms with van der Waals surface area (Å²) in [6.45, 7) is 2.00. The second kappa shape index (κ2) is 4.07. The molecule has 0 aromatic heterocycles. The van der Waals surface area contributed by atoms with Gasteiger partial charge in [-0.15, -0.1) is 0 Å².